The van der Waals surface area contributed by atoms with Gasteiger partial charge in [-0.3, -0.25) is 0 Å². The molecule has 0 heterocycles. The number of rotatable bonds is 8. The van der Waals surface area contributed by atoms with Crippen LogP contribution >= 0.6 is 0 Å². The average Bonchev–Trinajstić information content (AvgIpc) is 2.36. The molecule has 0 aliphatic rings. The minimum absolute atomic E-state index is 0.124. The summed E-state index contributed by atoms with van der Waals surface area (Å²) in [5, 5.41) is 0. The third kappa shape index (κ3) is 4.01. The Hall–Kier alpha value is -1.59. The second-order valence-electron chi connectivity index (χ2n) is 3.71. The van der Waals surface area contributed by atoms with E-state index in [1.807, 2.05) is 19.1 Å². The molecule has 0 saturated carbocycles. The number of hydrogen-bond donors (Lipinski definition) is 0. The van der Waals surface area contributed by atoms with Gasteiger partial charge in [0.15, 0.2) is 13.6 Å². The van der Waals surface area contributed by atoms with Crippen molar-refractivity contribution in [1.29, 1.82) is 0 Å². The lowest BCUT2D eigenvalue weighted by atomic mass is 10.1. The van der Waals surface area contributed by atoms with Crippen molar-refractivity contribution in [2.45, 2.75) is 13.3 Å². The molecule has 100 valence electrons. The number of ether oxygens (including phenoxy) is 4. The molecule has 18 heavy (non-hydrogen) atoms. The SMILES string of the molecule is COCOc1cc(C)cc(OCOC)c1CC=O. The van der Waals surface area contributed by atoms with E-state index in [1.165, 1.54) is 14.2 Å². The molecule has 0 spiro atoms. The molecule has 5 heteroatoms. The fourth-order valence-electron chi connectivity index (χ4n) is 1.54. The summed E-state index contributed by atoms with van der Waals surface area (Å²) in [6.45, 7) is 2.17. The maximum atomic E-state index is 10.7. The number of carbonyl (C=O) groups excluding carboxylic acids is 1. The van der Waals surface area contributed by atoms with E-state index in [0.717, 1.165) is 11.8 Å². The number of methoxy groups -OCH3 is 2. The molecule has 0 aromatic heterocycles. The summed E-state index contributed by atoms with van der Waals surface area (Å²) >= 11 is 0. The molecule has 0 unspecified atom stereocenters. The van der Waals surface area contributed by atoms with Gasteiger partial charge in [0.25, 0.3) is 0 Å². The van der Waals surface area contributed by atoms with Crippen molar-refractivity contribution < 1.29 is 23.7 Å². The Kier molecular flexibility index (Phi) is 6.18. The molecule has 1 rings (SSSR count). The summed E-state index contributed by atoms with van der Waals surface area (Å²) in [6, 6.07) is 3.69. The van der Waals surface area contributed by atoms with Gasteiger partial charge in [0.05, 0.1) is 0 Å². The van der Waals surface area contributed by atoms with Gasteiger partial charge in [0, 0.05) is 26.2 Å². The molecular weight excluding hydrogens is 236 g/mol. The molecule has 0 fully saturated rings. The monoisotopic (exact) mass is 254 g/mol. The minimum Gasteiger partial charge on any atom is -0.467 e. The van der Waals surface area contributed by atoms with Gasteiger partial charge >= 0.3 is 0 Å². The van der Waals surface area contributed by atoms with Gasteiger partial charge < -0.3 is 23.7 Å². The van der Waals surface area contributed by atoms with E-state index >= 15 is 0 Å². The highest BCUT2D eigenvalue weighted by Crippen LogP contribution is 2.31. The zero-order valence-electron chi connectivity index (χ0n) is 10.9. The average molecular weight is 254 g/mol. The highest BCUT2D eigenvalue weighted by molar-refractivity contribution is 5.61. The molecule has 0 saturated heterocycles. The van der Waals surface area contributed by atoms with E-state index < -0.39 is 0 Å². The Balaban J connectivity index is 3.04. The molecule has 0 aliphatic heterocycles. The maximum absolute atomic E-state index is 10.7. The summed E-state index contributed by atoms with van der Waals surface area (Å²) < 4.78 is 20.6. The highest BCUT2D eigenvalue weighted by Gasteiger charge is 2.12. The van der Waals surface area contributed by atoms with E-state index in [-0.39, 0.29) is 20.0 Å². The molecule has 1 aromatic rings. The highest BCUT2D eigenvalue weighted by atomic mass is 16.7. The van der Waals surface area contributed by atoms with Crippen LogP contribution in [-0.2, 0) is 20.7 Å². The van der Waals surface area contributed by atoms with E-state index in [2.05, 4.69) is 0 Å². The Morgan fingerprint density at radius 3 is 1.94 bits per heavy atom. The number of aryl methyl sites for hydroxylation is 1. The van der Waals surface area contributed by atoms with E-state index in [4.69, 9.17) is 18.9 Å². The Morgan fingerprint density at radius 1 is 1.06 bits per heavy atom. The first-order valence-electron chi connectivity index (χ1n) is 5.53. The molecule has 0 aliphatic carbocycles. The first-order chi connectivity index (χ1) is 8.72. The topological polar surface area (TPSA) is 54.0 Å². The standard InChI is InChI=1S/C13H18O5/c1-10-6-12(17-8-15-2)11(4-5-14)13(7-10)18-9-16-3/h5-7H,4,8-9H2,1-3H3. The van der Waals surface area contributed by atoms with Gasteiger partial charge in [-0.1, -0.05) is 0 Å². The largest absolute Gasteiger partial charge is 0.467 e. The van der Waals surface area contributed by atoms with Crippen LogP contribution in [0.25, 0.3) is 0 Å². The van der Waals surface area contributed by atoms with Crippen LogP contribution < -0.4 is 9.47 Å². The second kappa shape index (κ2) is 7.68. The van der Waals surface area contributed by atoms with E-state index in [9.17, 15) is 4.79 Å². The lowest BCUT2D eigenvalue weighted by molar-refractivity contribution is -0.107. The van der Waals surface area contributed by atoms with Crippen molar-refractivity contribution in [2.24, 2.45) is 0 Å². The van der Waals surface area contributed by atoms with Crippen molar-refractivity contribution in [3.63, 3.8) is 0 Å². The summed E-state index contributed by atoms with van der Waals surface area (Å²) in [7, 11) is 3.08. The lowest BCUT2D eigenvalue weighted by Crippen LogP contribution is -2.07. The summed E-state index contributed by atoms with van der Waals surface area (Å²) in [4.78, 5) is 10.7. The molecule has 0 bridgehead atoms. The molecule has 0 radical (unpaired) electrons. The van der Waals surface area contributed by atoms with Crippen molar-refractivity contribution in [3.05, 3.63) is 23.3 Å². The Bertz CT molecular complexity index is 360. The predicted octanol–water partition coefficient (Wildman–Crippen LogP) is 1.70. The third-order valence-electron chi connectivity index (χ3n) is 2.26. The van der Waals surface area contributed by atoms with Gasteiger partial charge in [-0.2, -0.15) is 0 Å². The van der Waals surface area contributed by atoms with Crippen molar-refractivity contribution in [2.75, 3.05) is 27.8 Å². The minimum atomic E-state index is 0.124. The first kappa shape index (κ1) is 14.5. The number of aldehydes is 1. The molecule has 1 aromatic carbocycles. The Morgan fingerprint density at radius 2 is 1.56 bits per heavy atom. The first-order valence-corrected chi connectivity index (χ1v) is 5.53. The van der Waals surface area contributed by atoms with Crippen LogP contribution in [0.4, 0.5) is 0 Å². The zero-order chi connectivity index (χ0) is 13.4. The van der Waals surface area contributed by atoms with Crippen LogP contribution in [0.15, 0.2) is 12.1 Å². The van der Waals surface area contributed by atoms with Crippen LogP contribution in [0.3, 0.4) is 0 Å². The molecule has 0 N–H and O–H groups in total. The maximum Gasteiger partial charge on any atom is 0.188 e. The number of carbonyl (C=O) groups is 1. The summed E-state index contributed by atoms with van der Waals surface area (Å²) in [5.41, 5.74) is 1.67. The van der Waals surface area contributed by atoms with Crippen LogP contribution in [0, 0.1) is 6.92 Å². The quantitative estimate of drug-likeness (QED) is 0.522. The second-order valence-corrected chi connectivity index (χ2v) is 3.71. The van der Waals surface area contributed by atoms with Crippen LogP contribution in [-0.4, -0.2) is 34.1 Å². The van der Waals surface area contributed by atoms with Gasteiger partial charge in [-0.25, -0.2) is 0 Å². The number of benzene rings is 1. The van der Waals surface area contributed by atoms with Gasteiger partial charge in [-0.05, 0) is 24.6 Å². The van der Waals surface area contributed by atoms with Crippen molar-refractivity contribution in [1.82, 2.24) is 0 Å². The van der Waals surface area contributed by atoms with Gasteiger partial charge in [0.2, 0.25) is 0 Å². The zero-order valence-corrected chi connectivity index (χ0v) is 10.9. The molecular formula is C13H18O5. The molecule has 5 nitrogen and oxygen atoms in total. The number of hydrogen-bond acceptors (Lipinski definition) is 5. The van der Waals surface area contributed by atoms with E-state index in [0.29, 0.717) is 17.1 Å². The molecule has 0 amide bonds. The van der Waals surface area contributed by atoms with Crippen molar-refractivity contribution >= 4 is 6.29 Å². The third-order valence-corrected chi connectivity index (χ3v) is 2.26. The van der Waals surface area contributed by atoms with Gasteiger partial charge in [0.1, 0.15) is 17.8 Å². The van der Waals surface area contributed by atoms with Crippen LogP contribution in [0.2, 0.25) is 0 Å². The lowest BCUT2D eigenvalue weighted by Gasteiger charge is -2.15. The normalized spacial score (nSPS) is 10.2. The van der Waals surface area contributed by atoms with Crippen molar-refractivity contribution in [3.8, 4) is 11.5 Å². The Labute approximate surface area is 107 Å². The predicted molar refractivity (Wildman–Crippen MR) is 66.0 cm³/mol. The van der Waals surface area contributed by atoms with Crippen LogP contribution in [0.5, 0.6) is 11.5 Å². The fraction of sp³-hybridized carbons (Fsp3) is 0.462. The smallest absolute Gasteiger partial charge is 0.188 e. The molecule has 0 atom stereocenters. The van der Waals surface area contributed by atoms with Crippen LogP contribution in [0.1, 0.15) is 11.1 Å². The summed E-state index contributed by atoms with van der Waals surface area (Å²) in [5.74, 6) is 1.19. The fourth-order valence-corrected chi connectivity index (χ4v) is 1.54. The summed E-state index contributed by atoms with van der Waals surface area (Å²) in [6.07, 6.45) is 1.03. The van der Waals surface area contributed by atoms with Gasteiger partial charge in [-0.15, -0.1) is 0 Å². The van der Waals surface area contributed by atoms with E-state index in [1.54, 1.807) is 0 Å².